The van der Waals surface area contributed by atoms with E-state index in [1.165, 1.54) is 36.9 Å². The summed E-state index contributed by atoms with van der Waals surface area (Å²) in [4.78, 5) is 24.0. The first-order valence-corrected chi connectivity index (χ1v) is 14.0. The number of carboxylic acid groups (broad SMARTS) is 1. The van der Waals surface area contributed by atoms with Crippen LogP contribution in [0.4, 0.5) is 5.69 Å². The molecule has 3 rings (SSSR count). The Kier molecular flexibility index (Phi) is 9.36. The number of aromatic carboxylic acids is 1. The summed E-state index contributed by atoms with van der Waals surface area (Å²) in [7, 11) is -2.58. The lowest BCUT2D eigenvalue weighted by atomic mass is 10.1. The van der Waals surface area contributed by atoms with Crippen LogP contribution in [0.15, 0.2) is 47.4 Å². The van der Waals surface area contributed by atoms with Crippen LogP contribution in [-0.4, -0.2) is 48.3 Å². The lowest BCUT2D eigenvalue weighted by Crippen LogP contribution is -2.32. The molecule has 210 valence electrons. The van der Waals surface area contributed by atoms with E-state index in [1.54, 1.807) is 31.2 Å². The van der Waals surface area contributed by atoms with Crippen molar-refractivity contribution in [2.24, 2.45) is 5.92 Å². The van der Waals surface area contributed by atoms with Crippen molar-refractivity contribution in [3.05, 3.63) is 53.7 Å². The maximum Gasteiger partial charge on any atom is 0.356 e. The van der Waals surface area contributed by atoms with Gasteiger partial charge in [0.15, 0.2) is 5.69 Å². The molecule has 0 aliphatic heterocycles. The van der Waals surface area contributed by atoms with Gasteiger partial charge in [-0.2, -0.15) is 9.78 Å². The van der Waals surface area contributed by atoms with Gasteiger partial charge in [-0.3, -0.25) is 4.79 Å². The zero-order valence-corrected chi connectivity index (χ0v) is 23.6. The molecule has 0 aliphatic carbocycles. The third-order valence-corrected chi connectivity index (χ3v) is 7.48. The highest BCUT2D eigenvalue weighted by molar-refractivity contribution is 7.89. The number of hydrogen-bond donors (Lipinski definition) is 3. The predicted molar refractivity (Wildman–Crippen MR) is 146 cm³/mol. The van der Waals surface area contributed by atoms with Crippen molar-refractivity contribution in [2.45, 2.75) is 58.4 Å². The number of carboxylic acids is 1. The van der Waals surface area contributed by atoms with Crippen molar-refractivity contribution >= 4 is 27.6 Å². The molecular weight excluding hydrogens is 524 g/mol. The van der Waals surface area contributed by atoms with Crippen LogP contribution in [0.1, 0.15) is 56.6 Å². The molecule has 3 N–H and O–H groups in total. The fourth-order valence-electron chi connectivity index (χ4n) is 3.68. The first-order valence-electron chi connectivity index (χ1n) is 12.5. The SMILES string of the molecule is CC[C@H](C)NS(=O)(=O)c1cc(NC(=O)CC(C)C)ccc1Oc1c(C)c(C(=O)O)nn1-c1ccc(OC)cc1. The Balaban J connectivity index is 2.14. The van der Waals surface area contributed by atoms with Gasteiger partial charge >= 0.3 is 5.97 Å². The number of carbonyl (C=O) groups is 2. The van der Waals surface area contributed by atoms with Crippen LogP contribution >= 0.6 is 0 Å². The highest BCUT2D eigenvalue weighted by Gasteiger charge is 2.27. The van der Waals surface area contributed by atoms with Gasteiger partial charge in [-0.05, 0) is 68.7 Å². The molecule has 39 heavy (non-hydrogen) atoms. The number of nitrogens with zero attached hydrogens (tertiary/aromatic N) is 2. The molecule has 0 saturated heterocycles. The number of carbonyl (C=O) groups excluding carboxylic acids is 1. The number of nitrogens with one attached hydrogen (secondary N) is 2. The molecule has 1 atom stereocenters. The topological polar surface area (TPSA) is 149 Å². The number of aromatic nitrogens is 2. The molecule has 1 amide bonds. The van der Waals surface area contributed by atoms with Gasteiger partial charge in [0.2, 0.25) is 21.8 Å². The molecule has 12 heteroatoms. The van der Waals surface area contributed by atoms with Crippen LogP contribution in [0, 0.1) is 12.8 Å². The first-order chi connectivity index (χ1) is 18.4. The smallest absolute Gasteiger partial charge is 0.356 e. The third-order valence-electron chi connectivity index (χ3n) is 5.87. The maximum atomic E-state index is 13.4. The monoisotopic (exact) mass is 558 g/mol. The first kappa shape index (κ1) is 29.7. The van der Waals surface area contributed by atoms with Crippen molar-refractivity contribution in [1.29, 1.82) is 0 Å². The fourth-order valence-corrected chi connectivity index (χ4v) is 5.16. The largest absolute Gasteiger partial charge is 0.497 e. The van der Waals surface area contributed by atoms with E-state index in [0.717, 1.165) is 0 Å². The van der Waals surface area contributed by atoms with Crippen LogP contribution in [0.2, 0.25) is 0 Å². The maximum absolute atomic E-state index is 13.4. The molecule has 0 fully saturated rings. The van der Waals surface area contributed by atoms with Crippen LogP contribution in [0.3, 0.4) is 0 Å². The van der Waals surface area contributed by atoms with Crippen LogP contribution < -0.4 is 19.5 Å². The molecule has 0 spiro atoms. The zero-order chi connectivity index (χ0) is 28.9. The van der Waals surface area contributed by atoms with E-state index >= 15 is 0 Å². The Morgan fingerprint density at radius 2 is 1.77 bits per heavy atom. The Labute approximate surface area is 228 Å². The van der Waals surface area contributed by atoms with E-state index in [9.17, 15) is 23.1 Å². The van der Waals surface area contributed by atoms with E-state index in [4.69, 9.17) is 9.47 Å². The van der Waals surface area contributed by atoms with Crippen molar-refractivity contribution in [1.82, 2.24) is 14.5 Å². The highest BCUT2D eigenvalue weighted by Crippen LogP contribution is 2.35. The van der Waals surface area contributed by atoms with Gasteiger partial charge in [-0.1, -0.05) is 20.8 Å². The second-order valence-electron chi connectivity index (χ2n) is 9.53. The normalized spacial score (nSPS) is 12.3. The third kappa shape index (κ3) is 7.15. The zero-order valence-electron chi connectivity index (χ0n) is 22.8. The summed E-state index contributed by atoms with van der Waals surface area (Å²) in [5.41, 5.74) is 0.705. The standard InChI is InChI=1S/C27H34N4O7S/c1-7-17(4)30-39(35,36)23-15-19(28-24(32)14-16(2)3)8-13-22(23)38-26-18(5)25(27(33)34)29-31(26)20-9-11-21(37-6)12-10-20/h8-13,15-17,30H,7,14H2,1-6H3,(H,28,32)(H,33,34)/t17-/m0/s1. The molecule has 0 unspecified atom stereocenters. The Bertz CT molecular complexity index is 1450. The number of rotatable bonds is 12. The van der Waals surface area contributed by atoms with Crippen LogP contribution in [-0.2, 0) is 14.8 Å². The average Bonchev–Trinajstić information content (AvgIpc) is 3.20. The summed E-state index contributed by atoms with van der Waals surface area (Å²) >= 11 is 0. The molecule has 1 aromatic heterocycles. The number of methoxy groups -OCH3 is 1. The predicted octanol–water partition coefficient (Wildman–Crippen LogP) is 4.74. The molecule has 0 radical (unpaired) electrons. The van der Waals surface area contributed by atoms with Crippen molar-refractivity contribution in [3.8, 4) is 23.1 Å². The second-order valence-corrected chi connectivity index (χ2v) is 11.2. The van der Waals surface area contributed by atoms with Crippen molar-refractivity contribution in [3.63, 3.8) is 0 Å². The lowest BCUT2D eigenvalue weighted by Gasteiger charge is -2.18. The van der Waals surface area contributed by atoms with Gasteiger partial charge < -0.3 is 19.9 Å². The molecule has 11 nitrogen and oxygen atoms in total. The van der Waals surface area contributed by atoms with Crippen molar-refractivity contribution < 1.29 is 32.6 Å². The summed E-state index contributed by atoms with van der Waals surface area (Å²) in [6.07, 6.45) is 0.815. The lowest BCUT2D eigenvalue weighted by molar-refractivity contribution is -0.116. The molecule has 2 aromatic carbocycles. The summed E-state index contributed by atoms with van der Waals surface area (Å²) in [5, 5.41) is 16.6. The van der Waals surface area contributed by atoms with E-state index in [2.05, 4.69) is 15.1 Å². The average molecular weight is 559 g/mol. The van der Waals surface area contributed by atoms with Gasteiger partial charge in [-0.15, -0.1) is 0 Å². The summed E-state index contributed by atoms with van der Waals surface area (Å²) in [5.74, 6) is -0.859. The second kappa shape index (κ2) is 12.3. The van der Waals surface area contributed by atoms with E-state index in [-0.39, 0.29) is 57.8 Å². The minimum Gasteiger partial charge on any atom is -0.497 e. The number of ether oxygens (including phenoxy) is 2. The Hall–Kier alpha value is -3.90. The van der Waals surface area contributed by atoms with Gasteiger partial charge in [-0.25, -0.2) is 17.9 Å². The Morgan fingerprint density at radius 3 is 2.33 bits per heavy atom. The number of hydrogen-bond acceptors (Lipinski definition) is 7. The number of sulfonamides is 1. The van der Waals surface area contributed by atoms with Crippen LogP contribution in [0.5, 0.6) is 17.4 Å². The molecular formula is C27H34N4O7S. The molecule has 0 bridgehead atoms. The summed E-state index contributed by atoms with van der Waals surface area (Å²) < 4.78 is 42.0. The van der Waals surface area contributed by atoms with E-state index in [0.29, 0.717) is 17.9 Å². The molecule has 3 aromatic rings. The van der Waals surface area contributed by atoms with E-state index in [1.807, 2.05) is 20.8 Å². The number of benzene rings is 2. The van der Waals surface area contributed by atoms with Crippen LogP contribution in [0.25, 0.3) is 5.69 Å². The minimum atomic E-state index is -4.10. The minimum absolute atomic E-state index is 0.0224. The van der Waals surface area contributed by atoms with Gasteiger partial charge in [0.25, 0.3) is 0 Å². The molecule has 0 saturated carbocycles. The van der Waals surface area contributed by atoms with Gasteiger partial charge in [0.05, 0.1) is 12.8 Å². The van der Waals surface area contributed by atoms with E-state index < -0.39 is 16.0 Å². The summed E-state index contributed by atoms with van der Waals surface area (Å²) in [6.45, 7) is 8.91. The highest BCUT2D eigenvalue weighted by atomic mass is 32.2. The number of amides is 1. The van der Waals surface area contributed by atoms with Crippen molar-refractivity contribution in [2.75, 3.05) is 12.4 Å². The quantitative estimate of drug-likeness (QED) is 0.289. The molecule has 0 aliphatic rings. The number of anilines is 1. The Morgan fingerprint density at radius 1 is 1.10 bits per heavy atom. The van der Waals surface area contributed by atoms with Gasteiger partial charge in [0.1, 0.15) is 16.4 Å². The molecule has 1 heterocycles. The fraction of sp³-hybridized carbons (Fsp3) is 0.370. The van der Waals surface area contributed by atoms with Gasteiger partial charge in [0, 0.05) is 23.7 Å². The summed E-state index contributed by atoms with van der Waals surface area (Å²) in [6, 6.07) is 10.6.